The van der Waals surface area contributed by atoms with Crippen LogP contribution in [0.15, 0.2) is 89.4 Å². The molecule has 0 aliphatic carbocycles. The molecular formula is C32H32BrCl. The summed E-state index contributed by atoms with van der Waals surface area (Å²) in [6.07, 6.45) is 0. The van der Waals surface area contributed by atoms with Crippen molar-refractivity contribution in [2.45, 2.75) is 52.4 Å². The van der Waals surface area contributed by atoms with E-state index in [0.717, 1.165) is 15.1 Å². The van der Waals surface area contributed by atoms with Crippen LogP contribution in [-0.2, 0) is 10.8 Å². The Morgan fingerprint density at radius 2 is 1.12 bits per heavy atom. The first-order chi connectivity index (χ1) is 15.9. The van der Waals surface area contributed by atoms with Gasteiger partial charge in [-0.15, -0.1) is 0 Å². The lowest BCUT2D eigenvalue weighted by molar-refractivity contribution is 0.569. The van der Waals surface area contributed by atoms with Gasteiger partial charge < -0.3 is 0 Å². The van der Waals surface area contributed by atoms with Crippen LogP contribution >= 0.6 is 27.5 Å². The number of halogens is 2. The van der Waals surface area contributed by atoms with Crippen LogP contribution in [0.2, 0.25) is 5.02 Å². The van der Waals surface area contributed by atoms with Crippen LogP contribution in [-0.4, -0.2) is 0 Å². The molecule has 0 heterocycles. The lowest BCUT2D eigenvalue weighted by atomic mass is 9.78. The normalized spacial score (nSPS) is 12.1. The minimum Gasteiger partial charge on any atom is -0.0843 e. The van der Waals surface area contributed by atoms with Crippen LogP contribution in [0.5, 0.6) is 0 Å². The van der Waals surface area contributed by atoms with Gasteiger partial charge in [-0.25, -0.2) is 0 Å². The van der Waals surface area contributed by atoms with Crippen molar-refractivity contribution >= 4 is 27.5 Å². The molecule has 0 N–H and O–H groups in total. The Labute approximate surface area is 218 Å². The van der Waals surface area contributed by atoms with Crippen molar-refractivity contribution in [1.82, 2.24) is 0 Å². The molecule has 0 nitrogen and oxygen atoms in total. The van der Waals surface area contributed by atoms with Gasteiger partial charge in [0.1, 0.15) is 0 Å². The van der Waals surface area contributed by atoms with Crippen molar-refractivity contribution in [2.75, 3.05) is 0 Å². The van der Waals surface area contributed by atoms with E-state index in [2.05, 4.69) is 130 Å². The first-order valence-corrected chi connectivity index (χ1v) is 12.9. The van der Waals surface area contributed by atoms with Gasteiger partial charge in [-0.2, -0.15) is 0 Å². The summed E-state index contributed by atoms with van der Waals surface area (Å²) >= 11 is 10.1. The molecule has 0 atom stereocenters. The predicted molar refractivity (Wildman–Crippen MR) is 153 cm³/mol. The van der Waals surface area contributed by atoms with Crippen molar-refractivity contribution < 1.29 is 0 Å². The fraction of sp³-hybridized carbons (Fsp3) is 0.250. The quantitative estimate of drug-likeness (QED) is 0.246. The summed E-state index contributed by atoms with van der Waals surface area (Å²) < 4.78 is 0.995. The van der Waals surface area contributed by atoms with E-state index in [0.29, 0.717) is 0 Å². The lowest BCUT2D eigenvalue weighted by Gasteiger charge is -2.27. The van der Waals surface area contributed by atoms with Crippen molar-refractivity contribution in [3.05, 3.63) is 106 Å². The number of hydrogen-bond acceptors (Lipinski definition) is 0. The third-order valence-corrected chi connectivity index (χ3v) is 7.22. The lowest BCUT2D eigenvalue weighted by Crippen LogP contribution is -2.16. The Morgan fingerprint density at radius 3 is 1.68 bits per heavy atom. The van der Waals surface area contributed by atoms with Crippen LogP contribution in [0.25, 0.3) is 33.4 Å². The largest absolute Gasteiger partial charge is 0.0843 e. The Hall–Kier alpha value is -2.35. The van der Waals surface area contributed by atoms with E-state index in [9.17, 15) is 0 Å². The van der Waals surface area contributed by atoms with Crippen molar-refractivity contribution in [2.24, 2.45) is 0 Å². The Morgan fingerprint density at radius 1 is 0.529 bits per heavy atom. The highest BCUT2D eigenvalue weighted by molar-refractivity contribution is 9.10. The summed E-state index contributed by atoms with van der Waals surface area (Å²) in [5.74, 6) is 0. The molecule has 0 aromatic heterocycles. The summed E-state index contributed by atoms with van der Waals surface area (Å²) in [5, 5.41) is 0.723. The molecule has 0 amide bonds. The highest BCUT2D eigenvalue weighted by Gasteiger charge is 2.22. The first kappa shape index (κ1) is 24.8. The molecule has 4 aromatic carbocycles. The molecule has 0 unspecified atom stereocenters. The van der Waals surface area contributed by atoms with Crippen LogP contribution in [0.1, 0.15) is 52.7 Å². The van der Waals surface area contributed by atoms with E-state index >= 15 is 0 Å². The van der Waals surface area contributed by atoms with Gasteiger partial charge in [-0.3, -0.25) is 0 Å². The Balaban J connectivity index is 2.02. The minimum atomic E-state index is 0.0566. The molecule has 0 radical (unpaired) electrons. The van der Waals surface area contributed by atoms with Crippen molar-refractivity contribution in [3.63, 3.8) is 0 Å². The van der Waals surface area contributed by atoms with Crippen LogP contribution in [0.4, 0.5) is 0 Å². The van der Waals surface area contributed by atoms with Gasteiger partial charge in [-0.05, 0) is 73.5 Å². The van der Waals surface area contributed by atoms with Crippen molar-refractivity contribution in [1.29, 1.82) is 0 Å². The zero-order chi connectivity index (χ0) is 24.7. The molecule has 0 saturated carbocycles. The molecule has 0 fully saturated rings. The fourth-order valence-electron chi connectivity index (χ4n) is 4.19. The van der Waals surface area contributed by atoms with Crippen LogP contribution in [0.3, 0.4) is 0 Å². The van der Waals surface area contributed by atoms with Gasteiger partial charge in [0.15, 0.2) is 0 Å². The van der Waals surface area contributed by atoms with E-state index in [4.69, 9.17) is 11.6 Å². The van der Waals surface area contributed by atoms with Gasteiger partial charge in [0.2, 0.25) is 0 Å². The summed E-state index contributed by atoms with van der Waals surface area (Å²) in [4.78, 5) is 0. The topological polar surface area (TPSA) is 0 Å². The molecule has 4 aromatic rings. The molecule has 2 heteroatoms. The number of hydrogen-bond donors (Lipinski definition) is 0. The smallest absolute Gasteiger partial charge is 0.0417 e. The van der Waals surface area contributed by atoms with Crippen molar-refractivity contribution in [3.8, 4) is 33.4 Å². The second-order valence-electron chi connectivity index (χ2n) is 11.0. The molecule has 0 aliphatic rings. The zero-order valence-corrected chi connectivity index (χ0v) is 23.2. The Kier molecular flexibility index (Phi) is 6.82. The van der Waals surface area contributed by atoms with Gasteiger partial charge in [0.05, 0.1) is 0 Å². The molecular weight excluding hydrogens is 500 g/mol. The van der Waals surface area contributed by atoms with Gasteiger partial charge >= 0.3 is 0 Å². The second kappa shape index (κ2) is 9.36. The first-order valence-electron chi connectivity index (χ1n) is 11.7. The van der Waals surface area contributed by atoms with Gasteiger partial charge in [-0.1, -0.05) is 136 Å². The van der Waals surface area contributed by atoms with E-state index < -0.39 is 0 Å². The summed E-state index contributed by atoms with van der Waals surface area (Å²) in [7, 11) is 0. The maximum atomic E-state index is 6.30. The second-order valence-corrected chi connectivity index (χ2v) is 12.3. The van der Waals surface area contributed by atoms with Gasteiger partial charge in [0.25, 0.3) is 0 Å². The zero-order valence-electron chi connectivity index (χ0n) is 20.8. The summed E-state index contributed by atoms with van der Waals surface area (Å²) in [6, 6.07) is 30.5. The molecule has 174 valence electrons. The number of rotatable bonds is 3. The van der Waals surface area contributed by atoms with E-state index in [1.165, 1.54) is 38.9 Å². The average Bonchev–Trinajstić information content (AvgIpc) is 2.78. The molecule has 4 rings (SSSR count). The fourth-order valence-corrected chi connectivity index (χ4v) is 5.08. The maximum Gasteiger partial charge on any atom is 0.0417 e. The standard InChI is InChI=1S/C32H32BrCl/c1-31(2,3)24-16-23(17-25(19-24)32(4,5)6)27-14-12-22(21-10-8-7-9-11-21)18-29(27)28-15-13-26(34)20-30(28)33/h7-20H,1-6H3. The molecule has 0 spiro atoms. The van der Waals surface area contributed by atoms with Crippen LogP contribution in [0, 0.1) is 0 Å². The van der Waals surface area contributed by atoms with Gasteiger partial charge in [0, 0.05) is 9.50 Å². The summed E-state index contributed by atoms with van der Waals surface area (Å²) in [6.45, 7) is 13.7. The van der Waals surface area contributed by atoms with E-state index in [1.54, 1.807) is 0 Å². The Bertz CT molecular complexity index is 1290. The highest BCUT2D eigenvalue weighted by atomic mass is 79.9. The molecule has 0 saturated heterocycles. The molecule has 0 aliphatic heterocycles. The predicted octanol–water partition coefficient (Wildman–Crippen LogP) is 10.7. The molecule has 34 heavy (non-hydrogen) atoms. The molecule has 0 bridgehead atoms. The number of benzene rings is 4. The van der Waals surface area contributed by atoms with E-state index in [1.807, 2.05) is 12.1 Å². The van der Waals surface area contributed by atoms with Crippen LogP contribution < -0.4 is 0 Å². The SMILES string of the molecule is CC(C)(C)c1cc(-c2ccc(-c3ccccc3)cc2-c2ccc(Cl)cc2Br)cc(C(C)(C)C)c1. The summed E-state index contributed by atoms with van der Waals surface area (Å²) in [5.41, 5.74) is 10.0. The third-order valence-electron chi connectivity index (χ3n) is 6.32. The monoisotopic (exact) mass is 530 g/mol. The van der Waals surface area contributed by atoms with E-state index in [-0.39, 0.29) is 10.8 Å². The maximum absolute atomic E-state index is 6.30. The third kappa shape index (κ3) is 5.32. The average molecular weight is 532 g/mol. The minimum absolute atomic E-state index is 0.0566. The highest BCUT2D eigenvalue weighted by Crippen LogP contribution is 2.42.